The number of halogens is 1. The number of Topliss-reactive ketones (excluding diaryl/α,β-unsaturated/α-hetero) is 1. The third-order valence-electron chi connectivity index (χ3n) is 3.09. The van der Waals surface area contributed by atoms with Crippen LogP contribution in [0.25, 0.3) is 0 Å². The van der Waals surface area contributed by atoms with E-state index in [2.05, 4.69) is 46.2 Å². The maximum Gasteiger partial charge on any atom is 0.208 e. The summed E-state index contributed by atoms with van der Waals surface area (Å²) in [4.78, 5) is 12.6. The summed E-state index contributed by atoms with van der Waals surface area (Å²) >= 11 is 5.87. The Balaban J connectivity index is 0.00000211. The van der Waals surface area contributed by atoms with Crippen LogP contribution in [0.3, 0.4) is 0 Å². The number of rotatable bonds is 5. The second-order valence-electron chi connectivity index (χ2n) is 6.26. The molecule has 1 aromatic carbocycles. The molecule has 0 radical (unpaired) electrons. The van der Waals surface area contributed by atoms with E-state index in [0.717, 1.165) is 18.5 Å². The van der Waals surface area contributed by atoms with Crippen LogP contribution < -0.4 is 5.32 Å². The van der Waals surface area contributed by atoms with Crippen LogP contribution in [-0.2, 0) is 0 Å². The van der Waals surface area contributed by atoms with E-state index in [0.29, 0.717) is 16.3 Å². The molecule has 3 heteroatoms. The van der Waals surface area contributed by atoms with Crippen LogP contribution in [-0.4, -0.2) is 12.3 Å². The fraction of sp³-hybridized carbons (Fsp3) is 0.421. The lowest BCUT2D eigenvalue weighted by Crippen LogP contribution is -2.30. The number of carbonyl (C=O) groups excluding carboxylic acids is 1. The zero-order valence-corrected chi connectivity index (χ0v) is 15.2. The highest BCUT2D eigenvalue weighted by molar-refractivity contribution is 6.30. The molecule has 0 saturated heterocycles. The van der Waals surface area contributed by atoms with Crippen LogP contribution in [0.1, 0.15) is 51.4 Å². The number of ketones is 1. The Hall–Kier alpha value is -1.54. The summed E-state index contributed by atoms with van der Waals surface area (Å²) in [5, 5.41) is 3.96. The normalized spacial score (nSPS) is 11.9. The zero-order chi connectivity index (χ0) is 17.3. The minimum absolute atomic E-state index is 0.0327. The Morgan fingerprint density at radius 2 is 1.68 bits per heavy atom. The van der Waals surface area contributed by atoms with Gasteiger partial charge in [0.1, 0.15) is 0 Å². The fourth-order valence-electron chi connectivity index (χ4n) is 1.70. The molecule has 1 aromatic rings. The van der Waals surface area contributed by atoms with Gasteiger partial charge >= 0.3 is 0 Å². The molecule has 2 nitrogen and oxygen atoms in total. The average molecular weight is 322 g/mol. The van der Waals surface area contributed by atoms with Gasteiger partial charge in [-0.25, -0.2) is 0 Å². The van der Waals surface area contributed by atoms with E-state index in [-0.39, 0.29) is 11.2 Å². The summed E-state index contributed by atoms with van der Waals surface area (Å²) in [6.07, 6.45) is 0.853. The molecule has 0 aromatic heterocycles. The molecule has 0 aliphatic rings. The molecular weight excluding hydrogens is 294 g/mol. The second-order valence-corrected chi connectivity index (χ2v) is 6.70. The molecule has 0 bridgehead atoms. The van der Waals surface area contributed by atoms with Gasteiger partial charge in [-0.1, -0.05) is 39.3 Å². The third-order valence-corrected chi connectivity index (χ3v) is 3.34. The van der Waals surface area contributed by atoms with Crippen molar-refractivity contribution in [2.24, 2.45) is 5.41 Å². The van der Waals surface area contributed by atoms with E-state index < -0.39 is 0 Å². The highest BCUT2D eigenvalue weighted by atomic mass is 35.5. The molecule has 0 amide bonds. The monoisotopic (exact) mass is 321 g/mol. The minimum atomic E-state index is 0.0327. The first-order chi connectivity index (χ1) is 10.2. The number of nitrogens with one attached hydrogen (secondary N) is 1. The van der Waals surface area contributed by atoms with E-state index in [1.165, 1.54) is 0 Å². The fourth-order valence-corrected chi connectivity index (χ4v) is 1.83. The van der Waals surface area contributed by atoms with Gasteiger partial charge in [0.15, 0.2) is 0 Å². The van der Waals surface area contributed by atoms with E-state index in [1.807, 2.05) is 6.92 Å². The number of allylic oxidation sites excluding steroid dienone is 2. The number of hydrogen-bond donors (Lipinski definition) is 1. The smallest absolute Gasteiger partial charge is 0.208 e. The number of carbonyl (C=O) groups is 1. The molecule has 0 unspecified atom stereocenters. The van der Waals surface area contributed by atoms with Crippen molar-refractivity contribution < 1.29 is 4.79 Å². The summed E-state index contributed by atoms with van der Waals surface area (Å²) in [5.74, 6) is 0.0327. The molecule has 0 fully saturated rings. The molecule has 1 N–H and O–H groups in total. The highest BCUT2D eigenvalue weighted by Gasteiger charge is 2.17. The van der Waals surface area contributed by atoms with Gasteiger partial charge < -0.3 is 5.32 Å². The largest absolute Gasteiger partial charge is 0.381 e. The Labute approximate surface area is 140 Å². The number of benzene rings is 1. The van der Waals surface area contributed by atoms with Crippen LogP contribution >= 0.6 is 11.6 Å². The van der Waals surface area contributed by atoms with Gasteiger partial charge in [-0.3, -0.25) is 4.79 Å². The van der Waals surface area contributed by atoms with Gasteiger partial charge in [0.2, 0.25) is 5.78 Å². The maximum absolute atomic E-state index is 12.6. The van der Waals surface area contributed by atoms with E-state index >= 15 is 0 Å². The molecule has 0 atom stereocenters. The standard InChI is InChI=1S/C17H24ClNO.C2H4/c1-6-12(2)15(19-11-17(3,4)5)16(20)13-7-9-14(18)10-8-13;1-2/h7-10,19H,6,11H2,1-5H3;1-2H2/b15-12-;. The summed E-state index contributed by atoms with van der Waals surface area (Å²) in [7, 11) is 0. The SMILES string of the molecule is C=C.CC/C(C)=C(\NCC(C)(C)C)C(=O)c1ccc(Cl)cc1. The Morgan fingerprint density at radius 3 is 2.09 bits per heavy atom. The van der Waals surface area contributed by atoms with Gasteiger partial charge in [-0.2, -0.15) is 0 Å². The van der Waals surface area contributed by atoms with Crippen LogP contribution in [0.5, 0.6) is 0 Å². The quantitative estimate of drug-likeness (QED) is 0.431. The third kappa shape index (κ3) is 6.95. The molecule has 22 heavy (non-hydrogen) atoms. The number of hydrogen-bond acceptors (Lipinski definition) is 2. The molecule has 0 heterocycles. The molecule has 1 rings (SSSR count). The molecule has 0 aliphatic heterocycles. The van der Waals surface area contributed by atoms with Crippen molar-refractivity contribution in [1.29, 1.82) is 0 Å². The Bertz CT molecular complexity index is 509. The summed E-state index contributed by atoms with van der Waals surface area (Å²) in [6, 6.07) is 7.04. The predicted molar refractivity (Wildman–Crippen MR) is 97.5 cm³/mol. The second kappa shape index (κ2) is 9.47. The Morgan fingerprint density at radius 1 is 1.18 bits per heavy atom. The van der Waals surface area contributed by atoms with Gasteiger partial charge in [0.25, 0.3) is 0 Å². The van der Waals surface area contributed by atoms with Crippen LogP contribution in [0.2, 0.25) is 5.02 Å². The summed E-state index contributed by atoms with van der Waals surface area (Å²) in [6.45, 7) is 17.3. The van der Waals surface area contributed by atoms with Crippen molar-refractivity contribution >= 4 is 17.4 Å². The lowest BCUT2D eigenvalue weighted by molar-refractivity contribution is 0.102. The highest BCUT2D eigenvalue weighted by Crippen LogP contribution is 2.18. The van der Waals surface area contributed by atoms with Gasteiger partial charge in [-0.15, -0.1) is 13.2 Å². The van der Waals surface area contributed by atoms with E-state index in [9.17, 15) is 4.79 Å². The molecule has 0 saturated carbocycles. The molecule has 122 valence electrons. The van der Waals surface area contributed by atoms with Gasteiger partial charge in [-0.05, 0) is 48.6 Å². The first-order valence-electron chi connectivity index (χ1n) is 7.48. The lowest BCUT2D eigenvalue weighted by Gasteiger charge is -2.22. The summed E-state index contributed by atoms with van der Waals surface area (Å²) < 4.78 is 0. The van der Waals surface area contributed by atoms with Crippen molar-refractivity contribution in [2.45, 2.75) is 41.0 Å². The van der Waals surface area contributed by atoms with Crippen molar-refractivity contribution in [2.75, 3.05) is 6.54 Å². The van der Waals surface area contributed by atoms with Crippen molar-refractivity contribution in [3.63, 3.8) is 0 Å². The van der Waals surface area contributed by atoms with Gasteiger partial charge in [0.05, 0.1) is 5.70 Å². The maximum atomic E-state index is 12.6. The first-order valence-corrected chi connectivity index (χ1v) is 7.86. The van der Waals surface area contributed by atoms with Crippen molar-refractivity contribution in [3.05, 3.63) is 59.3 Å². The van der Waals surface area contributed by atoms with Crippen LogP contribution in [0.4, 0.5) is 0 Å². The van der Waals surface area contributed by atoms with Crippen molar-refractivity contribution in [3.8, 4) is 0 Å². The van der Waals surface area contributed by atoms with Crippen molar-refractivity contribution in [1.82, 2.24) is 5.32 Å². The molecular formula is C19H28ClNO. The van der Waals surface area contributed by atoms with Gasteiger partial charge in [0, 0.05) is 17.1 Å². The molecule has 0 spiro atoms. The zero-order valence-electron chi connectivity index (χ0n) is 14.4. The van der Waals surface area contributed by atoms with Crippen LogP contribution in [0, 0.1) is 5.41 Å². The van der Waals surface area contributed by atoms with E-state index in [1.54, 1.807) is 24.3 Å². The Kier molecular flexibility index (Phi) is 8.81. The topological polar surface area (TPSA) is 29.1 Å². The average Bonchev–Trinajstić information content (AvgIpc) is 2.48. The van der Waals surface area contributed by atoms with Crippen LogP contribution in [0.15, 0.2) is 48.7 Å². The predicted octanol–water partition coefficient (Wildman–Crippen LogP) is 5.64. The first kappa shape index (κ1) is 20.5. The minimum Gasteiger partial charge on any atom is -0.381 e. The molecule has 0 aliphatic carbocycles. The lowest BCUT2D eigenvalue weighted by atomic mass is 9.95. The summed E-state index contributed by atoms with van der Waals surface area (Å²) in [5.41, 5.74) is 2.58. The van der Waals surface area contributed by atoms with E-state index in [4.69, 9.17) is 11.6 Å².